The van der Waals surface area contributed by atoms with Gasteiger partial charge in [-0.3, -0.25) is 0 Å². The standard InChI is InChI=1S/C21H24N8O4/c1-12-24-19(33-11-15-10-32-13(2)26-15)9-23-21(25-12)29-18(27-20(22)28-29)8-14-5-6-16(30-3)17(7-14)31-4/h5-7,10H,1,8-9,11H2,2-4H3,(H2,22,28)(H,23,25). The van der Waals surface area contributed by atoms with E-state index < -0.39 is 0 Å². The molecule has 172 valence electrons. The van der Waals surface area contributed by atoms with Gasteiger partial charge in [-0.25, -0.2) is 9.98 Å². The Morgan fingerprint density at radius 3 is 2.76 bits per heavy atom. The second-order valence-corrected chi connectivity index (χ2v) is 7.03. The molecule has 3 N–H and O–H groups in total. The Morgan fingerprint density at radius 2 is 2.03 bits per heavy atom. The second kappa shape index (κ2) is 9.42. The Bertz CT molecular complexity index is 1230. The largest absolute Gasteiger partial charge is 0.493 e. The summed E-state index contributed by atoms with van der Waals surface area (Å²) in [6.45, 7) is 6.03. The fraction of sp³-hybridized carbons (Fsp3) is 0.286. The van der Waals surface area contributed by atoms with Gasteiger partial charge in [0.2, 0.25) is 17.8 Å². The molecule has 0 aliphatic carbocycles. The lowest BCUT2D eigenvalue weighted by atomic mass is 10.1. The summed E-state index contributed by atoms with van der Waals surface area (Å²) in [4.78, 5) is 17.4. The summed E-state index contributed by atoms with van der Waals surface area (Å²) >= 11 is 0. The predicted molar refractivity (Wildman–Crippen MR) is 120 cm³/mol. The lowest BCUT2D eigenvalue weighted by Crippen LogP contribution is -2.31. The van der Waals surface area contributed by atoms with Crippen molar-refractivity contribution in [3.05, 3.63) is 59.8 Å². The minimum atomic E-state index is 0.114. The summed E-state index contributed by atoms with van der Waals surface area (Å²) in [5, 5.41) is 7.30. The summed E-state index contributed by atoms with van der Waals surface area (Å²) in [5.41, 5.74) is 7.48. The van der Waals surface area contributed by atoms with Crippen molar-refractivity contribution in [2.24, 2.45) is 9.98 Å². The number of ether oxygens (including phenoxy) is 3. The SMILES string of the molecule is C=C1N=C(OCc2coc(C)n2)CN=C(n2nc(N)nc2Cc2ccc(OC)c(OC)c2)N1. The summed E-state index contributed by atoms with van der Waals surface area (Å²) < 4.78 is 23.1. The highest BCUT2D eigenvalue weighted by Crippen LogP contribution is 2.28. The molecule has 0 unspecified atom stereocenters. The van der Waals surface area contributed by atoms with Crippen molar-refractivity contribution in [1.29, 1.82) is 0 Å². The van der Waals surface area contributed by atoms with Gasteiger partial charge in [0.25, 0.3) is 0 Å². The summed E-state index contributed by atoms with van der Waals surface area (Å²) in [6, 6.07) is 5.61. The average molecular weight is 452 g/mol. The Kier molecular flexibility index (Phi) is 6.24. The van der Waals surface area contributed by atoms with E-state index in [0.717, 1.165) is 5.56 Å². The number of nitrogens with one attached hydrogen (secondary N) is 1. The first-order valence-electron chi connectivity index (χ1n) is 9.99. The van der Waals surface area contributed by atoms with Gasteiger partial charge in [-0.15, -0.1) is 5.10 Å². The molecule has 0 saturated carbocycles. The van der Waals surface area contributed by atoms with E-state index in [-0.39, 0.29) is 19.1 Å². The van der Waals surface area contributed by atoms with Crippen LogP contribution in [0.3, 0.4) is 0 Å². The summed E-state index contributed by atoms with van der Waals surface area (Å²) in [6.07, 6.45) is 1.96. The highest BCUT2D eigenvalue weighted by molar-refractivity contribution is 5.89. The third kappa shape index (κ3) is 5.11. The highest BCUT2D eigenvalue weighted by Gasteiger charge is 2.18. The van der Waals surface area contributed by atoms with E-state index in [1.807, 2.05) is 18.2 Å². The van der Waals surface area contributed by atoms with Crippen LogP contribution in [0.4, 0.5) is 5.95 Å². The number of anilines is 1. The summed E-state index contributed by atoms with van der Waals surface area (Å²) in [5.74, 6) is 3.59. The summed E-state index contributed by atoms with van der Waals surface area (Å²) in [7, 11) is 3.17. The number of nitrogens with zero attached hydrogens (tertiary/aromatic N) is 6. The molecule has 3 heterocycles. The van der Waals surface area contributed by atoms with Gasteiger partial charge < -0.3 is 29.7 Å². The quantitative estimate of drug-likeness (QED) is 0.570. The normalized spacial score (nSPS) is 13.6. The fourth-order valence-corrected chi connectivity index (χ4v) is 3.17. The van der Waals surface area contributed by atoms with Gasteiger partial charge in [-0.1, -0.05) is 12.6 Å². The van der Waals surface area contributed by atoms with Gasteiger partial charge in [0.15, 0.2) is 17.4 Å². The number of aliphatic imine (C=N–C) groups is 2. The average Bonchev–Trinajstić information content (AvgIpc) is 3.32. The molecule has 0 atom stereocenters. The number of nitrogen functional groups attached to an aromatic ring is 1. The molecule has 0 fully saturated rings. The van der Waals surface area contributed by atoms with Crippen molar-refractivity contribution >= 4 is 17.8 Å². The van der Waals surface area contributed by atoms with Crippen LogP contribution in [0.1, 0.15) is 23.0 Å². The van der Waals surface area contributed by atoms with Gasteiger partial charge in [0, 0.05) is 13.3 Å². The second-order valence-electron chi connectivity index (χ2n) is 7.03. The van der Waals surface area contributed by atoms with Crippen molar-refractivity contribution in [1.82, 2.24) is 25.1 Å². The molecular formula is C21H24N8O4. The molecule has 12 heteroatoms. The van der Waals surface area contributed by atoms with E-state index >= 15 is 0 Å². The molecule has 4 rings (SSSR count). The van der Waals surface area contributed by atoms with Crippen LogP contribution in [0, 0.1) is 6.92 Å². The van der Waals surface area contributed by atoms with Crippen LogP contribution in [-0.4, -0.2) is 52.4 Å². The molecule has 1 aromatic carbocycles. The molecule has 0 amide bonds. The lowest BCUT2D eigenvalue weighted by molar-refractivity contribution is 0.282. The molecule has 1 aliphatic heterocycles. The smallest absolute Gasteiger partial charge is 0.240 e. The monoisotopic (exact) mass is 452 g/mol. The first-order chi connectivity index (χ1) is 15.9. The Morgan fingerprint density at radius 1 is 1.21 bits per heavy atom. The van der Waals surface area contributed by atoms with E-state index in [4.69, 9.17) is 24.4 Å². The molecule has 0 saturated heterocycles. The van der Waals surface area contributed by atoms with Crippen molar-refractivity contribution in [2.75, 3.05) is 26.5 Å². The molecule has 1 aliphatic rings. The highest BCUT2D eigenvalue weighted by atomic mass is 16.5. The van der Waals surface area contributed by atoms with Crippen molar-refractivity contribution in [2.45, 2.75) is 20.0 Å². The van der Waals surface area contributed by atoms with Gasteiger partial charge >= 0.3 is 0 Å². The van der Waals surface area contributed by atoms with E-state index in [0.29, 0.717) is 53.0 Å². The van der Waals surface area contributed by atoms with Crippen molar-refractivity contribution in [3.63, 3.8) is 0 Å². The predicted octanol–water partition coefficient (Wildman–Crippen LogP) is 1.66. The fourth-order valence-electron chi connectivity index (χ4n) is 3.17. The third-order valence-corrected chi connectivity index (χ3v) is 4.63. The lowest BCUT2D eigenvalue weighted by Gasteiger charge is -2.11. The van der Waals surface area contributed by atoms with E-state index in [9.17, 15) is 0 Å². The van der Waals surface area contributed by atoms with E-state index in [2.05, 4.69) is 36.9 Å². The van der Waals surface area contributed by atoms with Crippen LogP contribution < -0.4 is 20.5 Å². The van der Waals surface area contributed by atoms with Crippen LogP contribution >= 0.6 is 0 Å². The van der Waals surface area contributed by atoms with E-state index in [1.165, 1.54) is 10.9 Å². The molecular weight excluding hydrogens is 428 g/mol. The van der Waals surface area contributed by atoms with Crippen LogP contribution in [0.25, 0.3) is 0 Å². The Labute approximate surface area is 189 Å². The number of rotatable bonds is 6. The number of hydrogen-bond donors (Lipinski definition) is 2. The molecule has 2 aromatic heterocycles. The van der Waals surface area contributed by atoms with Crippen molar-refractivity contribution in [3.8, 4) is 11.5 Å². The number of methoxy groups -OCH3 is 2. The van der Waals surface area contributed by atoms with Crippen molar-refractivity contribution < 1.29 is 18.6 Å². The van der Waals surface area contributed by atoms with Crippen LogP contribution in [0.2, 0.25) is 0 Å². The molecule has 0 radical (unpaired) electrons. The Hall–Kier alpha value is -4.35. The molecule has 12 nitrogen and oxygen atoms in total. The zero-order chi connectivity index (χ0) is 23.4. The van der Waals surface area contributed by atoms with Gasteiger partial charge in [-0.05, 0) is 17.7 Å². The number of aromatic nitrogens is 4. The topological polar surface area (TPSA) is 147 Å². The maximum Gasteiger partial charge on any atom is 0.240 e. The first-order valence-corrected chi connectivity index (χ1v) is 9.99. The number of aryl methyl sites for hydroxylation is 1. The molecule has 33 heavy (non-hydrogen) atoms. The van der Waals surface area contributed by atoms with Crippen LogP contribution in [0.15, 0.2) is 51.3 Å². The van der Waals surface area contributed by atoms with Crippen LogP contribution in [-0.2, 0) is 17.8 Å². The maximum atomic E-state index is 5.89. The van der Waals surface area contributed by atoms with Gasteiger partial charge in [0.05, 0.1) is 14.2 Å². The minimum Gasteiger partial charge on any atom is -0.493 e. The van der Waals surface area contributed by atoms with Crippen LogP contribution in [0.5, 0.6) is 11.5 Å². The molecule has 3 aromatic rings. The number of hydrogen-bond acceptors (Lipinski definition) is 11. The number of oxazole rings is 1. The molecule has 0 spiro atoms. The zero-order valence-corrected chi connectivity index (χ0v) is 18.5. The zero-order valence-electron chi connectivity index (χ0n) is 18.5. The van der Waals surface area contributed by atoms with Gasteiger partial charge in [-0.2, -0.15) is 14.7 Å². The number of benzene rings is 1. The van der Waals surface area contributed by atoms with Gasteiger partial charge in [0.1, 0.15) is 36.8 Å². The third-order valence-electron chi connectivity index (χ3n) is 4.63. The Balaban J connectivity index is 1.52. The minimum absolute atomic E-state index is 0.114. The first kappa shape index (κ1) is 21.9. The van der Waals surface area contributed by atoms with E-state index in [1.54, 1.807) is 21.1 Å². The number of nitrogens with two attached hydrogens (primary N) is 1. The molecule has 0 bridgehead atoms. The maximum absolute atomic E-state index is 5.89.